The van der Waals surface area contributed by atoms with Gasteiger partial charge in [-0.3, -0.25) is 0 Å². The van der Waals surface area contributed by atoms with Crippen molar-refractivity contribution < 1.29 is 0 Å². The average Bonchev–Trinajstić information content (AvgIpc) is 2.74. The Hall–Kier alpha value is 0.910. The van der Waals surface area contributed by atoms with Gasteiger partial charge >= 0.3 is 0 Å². The standard InChI is InChI=1S/C28H59P.BrH/c1-4-7-10-11-12-13-14-15-16-17-18-19-20-21-22-23-24-25-28-29(26-8-5-2)27-9-6-3;/h4-28H2,1-3H3;1H. The lowest BCUT2D eigenvalue weighted by Gasteiger charge is -2.17. The fraction of sp³-hybridized carbons (Fsp3) is 1.00. The van der Waals surface area contributed by atoms with E-state index in [2.05, 4.69) is 20.8 Å². The zero-order valence-corrected chi connectivity index (χ0v) is 24.1. The van der Waals surface area contributed by atoms with E-state index < -0.39 is 0 Å². The number of hydrogen-bond acceptors (Lipinski definition) is 0. The van der Waals surface area contributed by atoms with E-state index in [9.17, 15) is 0 Å². The van der Waals surface area contributed by atoms with Crippen LogP contribution in [0, 0.1) is 0 Å². The molecule has 2 heteroatoms. The molecular weight excluding hydrogens is 447 g/mol. The summed E-state index contributed by atoms with van der Waals surface area (Å²) in [5, 5.41) is 0. The lowest BCUT2D eigenvalue weighted by atomic mass is 10.0. The van der Waals surface area contributed by atoms with Gasteiger partial charge in [-0.05, 0) is 37.7 Å². The van der Waals surface area contributed by atoms with E-state index >= 15 is 0 Å². The predicted molar refractivity (Wildman–Crippen MR) is 150 cm³/mol. The SMILES string of the molecule is Br.CCCCCCCCCCCCCCCCCCCCP(CCCC)CCCC. The highest BCUT2D eigenvalue weighted by atomic mass is 79.9. The van der Waals surface area contributed by atoms with Crippen molar-refractivity contribution in [3.05, 3.63) is 0 Å². The summed E-state index contributed by atoms with van der Waals surface area (Å²) in [6.45, 7) is 7.01. The monoisotopic (exact) mass is 506 g/mol. The highest BCUT2D eigenvalue weighted by molar-refractivity contribution is 8.93. The van der Waals surface area contributed by atoms with Gasteiger partial charge < -0.3 is 0 Å². The molecule has 0 unspecified atom stereocenters. The number of rotatable bonds is 25. The van der Waals surface area contributed by atoms with E-state index in [1.165, 1.54) is 141 Å². The highest BCUT2D eigenvalue weighted by Gasteiger charge is 2.06. The van der Waals surface area contributed by atoms with Gasteiger partial charge in [0.2, 0.25) is 0 Å². The molecule has 0 saturated carbocycles. The van der Waals surface area contributed by atoms with Crippen molar-refractivity contribution in [3.8, 4) is 0 Å². The third-order valence-electron chi connectivity index (χ3n) is 6.48. The molecule has 0 aliphatic carbocycles. The Balaban J connectivity index is 0. The minimum absolute atomic E-state index is 0. The number of halogens is 1. The van der Waals surface area contributed by atoms with Crippen LogP contribution in [0.15, 0.2) is 0 Å². The molecule has 0 aliphatic heterocycles. The molecule has 0 saturated heterocycles. The van der Waals surface area contributed by atoms with Gasteiger partial charge in [0.15, 0.2) is 0 Å². The molecule has 0 N–H and O–H groups in total. The molecule has 0 amide bonds. The maximum Gasteiger partial charge on any atom is -0.0326 e. The van der Waals surface area contributed by atoms with Crippen LogP contribution < -0.4 is 0 Å². The van der Waals surface area contributed by atoms with Crippen molar-refractivity contribution in [1.29, 1.82) is 0 Å². The fourth-order valence-electron chi connectivity index (χ4n) is 4.34. The van der Waals surface area contributed by atoms with Crippen molar-refractivity contribution >= 4 is 24.9 Å². The van der Waals surface area contributed by atoms with Crippen molar-refractivity contribution in [2.75, 3.05) is 18.5 Å². The smallest absolute Gasteiger partial charge is 0.0326 e. The van der Waals surface area contributed by atoms with Crippen LogP contribution in [0.5, 0.6) is 0 Å². The third kappa shape index (κ3) is 26.9. The van der Waals surface area contributed by atoms with Crippen molar-refractivity contribution in [2.45, 2.75) is 162 Å². The molecule has 0 aromatic heterocycles. The van der Waals surface area contributed by atoms with Gasteiger partial charge in [-0.15, -0.1) is 24.9 Å². The molecule has 0 atom stereocenters. The van der Waals surface area contributed by atoms with Crippen LogP contribution in [-0.4, -0.2) is 18.5 Å². The lowest BCUT2D eigenvalue weighted by molar-refractivity contribution is 0.526. The second-order valence-corrected chi connectivity index (χ2v) is 12.2. The Bertz CT molecular complexity index is 274. The molecular formula is C28H60BrP. The van der Waals surface area contributed by atoms with Gasteiger partial charge in [0.05, 0.1) is 0 Å². The van der Waals surface area contributed by atoms with E-state index in [0.717, 1.165) is 0 Å². The van der Waals surface area contributed by atoms with Gasteiger partial charge in [0, 0.05) is 0 Å². The molecule has 0 nitrogen and oxygen atoms in total. The molecule has 0 aliphatic rings. The van der Waals surface area contributed by atoms with Crippen LogP contribution in [0.4, 0.5) is 0 Å². The van der Waals surface area contributed by atoms with Crippen LogP contribution >= 0.6 is 24.9 Å². The number of unbranched alkanes of at least 4 members (excludes halogenated alkanes) is 19. The molecule has 0 bridgehead atoms. The molecule has 0 spiro atoms. The highest BCUT2D eigenvalue weighted by Crippen LogP contribution is 2.38. The molecule has 0 rings (SSSR count). The Kier molecular flexibility index (Phi) is 33.0. The van der Waals surface area contributed by atoms with Crippen molar-refractivity contribution in [2.24, 2.45) is 0 Å². The topological polar surface area (TPSA) is 0 Å². The zero-order valence-electron chi connectivity index (χ0n) is 21.5. The van der Waals surface area contributed by atoms with E-state index in [-0.39, 0.29) is 17.0 Å². The average molecular weight is 508 g/mol. The summed E-state index contributed by atoms with van der Waals surface area (Å²) in [7, 11) is 0.383. The second-order valence-electron chi connectivity index (χ2n) is 9.56. The van der Waals surface area contributed by atoms with Crippen LogP contribution in [-0.2, 0) is 0 Å². The molecule has 184 valence electrons. The summed E-state index contributed by atoms with van der Waals surface area (Å²) < 4.78 is 0. The first-order valence-electron chi connectivity index (χ1n) is 14.1. The first kappa shape index (κ1) is 33.1. The van der Waals surface area contributed by atoms with Gasteiger partial charge in [-0.25, -0.2) is 0 Å². The fourth-order valence-corrected chi connectivity index (χ4v) is 7.20. The second kappa shape index (κ2) is 29.9. The minimum Gasteiger partial charge on any atom is -0.114 e. The minimum atomic E-state index is 0. The lowest BCUT2D eigenvalue weighted by Crippen LogP contribution is -1.96. The Morgan fingerprint density at radius 1 is 0.300 bits per heavy atom. The maximum atomic E-state index is 2.35. The molecule has 0 aromatic rings. The van der Waals surface area contributed by atoms with E-state index in [1.807, 2.05) is 0 Å². The van der Waals surface area contributed by atoms with Gasteiger partial charge in [0.1, 0.15) is 0 Å². The van der Waals surface area contributed by atoms with Gasteiger partial charge in [-0.1, -0.05) is 143 Å². The largest absolute Gasteiger partial charge is 0.114 e. The molecule has 30 heavy (non-hydrogen) atoms. The van der Waals surface area contributed by atoms with Crippen molar-refractivity contribution in [1.82, 2.24) is 0 Å². The van der Waals surface area contributed by atoms with Crippen molar-refractivity contribution in [3.63, 3.8) is 0 Å². The van der Waals surface area contributed by atoms with Crippen LogP contribution in [0.1, 0.15) is 162 Å². The van der Waals surface area contributed by atoms with Crippen LogP contribution in [0.3, 0.4) is 0 Å². The zero-order chi connectivity index (χ0) is 21.3. The van der Waals surface area contributed by atoms with E-state index in [0.29, 0.717) is 7.92 Å². The summed E-state index contributed by atoms with van der Waals surface area (Å²) in [6.07, 6.45) is 37.2. The summed E-state index contributed by atoms with van der Waals surface area (Å²) in [4.78, 5) is 0. The first-order valence-corrected chi connectivity index (χ1v) is 16.0. The third-order valence-corrected chi connectivity index (χ3v) is 9.33. The molecule has 0 fully saturated rings. The van der Waals surface area contributed by atoms with Gasteiger partial charge in [0.25, 0.3) is 0 Å². The summed E-state index contributed by atoms with van der Waals surface area (Å²) in [5.74, 6) is 0. The normalized spacial score (nSPS) is 11.2. The molecule has 0 aromatic carbocycles. The molecule has 0 radical (unpaired) electrons. The summed E-state index contributed by atoms with van der Waals surface area (Å²) >= 11 is 0. The van der Waals surface area contributed by atoms with E-state index in [4.69, 9.17) is 0 Å². The van der Waals surface area contributed by atoms with Crippen LogP contribution in [0.25, 0.3) is 0 Å². The predicted octanol–water partition coefficient (Wildman–Crippen LogP) is 11.7. The Morgan fingerprint density at radius 3 is 0.833 bits per heavy atom. The summed E-state index contributed by atoms with van der Waals surface area (Å²) in [5.41, 5.74) is 0. The first-order chi connectivity index (χ1) is 14.3. The van der Waals surface area contributed by atoms with Crippen LogP contribution in [0.2, 0.25) is 0 Å². The van der Waals surface area contributed by atoms with E-state index in [1.54, 1.807) is 18.5 Å². The van der Waals surface area contributed by atoms with Gasteiger partial charge in [-0.2, -0.15) is 0 Å². The Morgan fingerprint density at radius 2 is 0.533 bits per heavy atom. The summed E-state index contributed by atoms with van der Waals surface area (Å²) in [6, 6.07) is 0. The quantitative estimate of drug-likeness (QED) is 0.0851. The maximum absolute atomic E-state index is 2.35. The Labute approximate surface area is 205 Å². The molecule has 0 heterocycles. The number of hydrogen-bond donors (Lipinski definition) is 0.